The van der Waals surface area contributed by atoms with Gasteiger partial charge >= 0.3 is 0 Å². The van der Waals surface area contributed by atoms with Crippen LogP contribution >= 0.6 is 11.3 Å². The maximum Gasteiger partial charge on any atom is 0.228 e. The number of carbonyl (C=O) groups excluding carboxylic acids is 1. The Morgan fingerprint density at radius 3 is 2.95 bits per heavy atom. The van der Waals surface area contributed by atoms with Gasteiger partial charge in [-0.15, -0.1) is 11.3 Å². The molecule has 3 nitrogen and oxygen atoms in total. The summed E-state index contributed by atoms with van der Waals surface area (Å²) in [6, 6.07) is 10.5. The van der Waals surface area contributed by atoms with Crippen molar-refractivity contribution in [2.45, 2.75) is 25.8 Å². The van der Waals surface area contributed by atoms with Gasteiger partial charge in [-0.3, -0.25) is 9.69 Å². The van der Waals surface area contributed by atoms with Gasteiger partial charge in [0.25, 0.3) is 0 Å². The van der Waals surface area contributed by atoms with Crippen LogP contribution in [0.3, 0.4) is 0 Å². The van der Waals surface area contributed by atoms with Crippen molar-refractivity contribution in [1.82, 2.24) is 4.90 Å². The first-order chi connectivity index (χ1) is 10.8. The Morgan fingerprint density at radius 1 is 1.09 bits per heavy atom. The summed E-state index contributed by atoms with van der Waals surface area (Å²) in [7, 11) is 0. The molecule has 1 aromatic carbocycles. The molecule has 0 N–H and O–H groups in total. The lowest BCUT2D eigenvalue weighted by Crippen LogP contribution is -2.35. The second-order valence-corrected chi connectivity index (χ2v) is 7.07. The van der Waals surface area contributed by atoms with E-state index in [1.165, 1.54) is 16.0 Å². The number of nitrogens with zero attached hydrogens (tertiary/aromatic N) is 2. The molecule has 114 valence electrons. The third-order valence-corrected chi connectivity index (χ3v) is 5.74. The molecule has 0 bridgehead atoms. The average molecular weight is 312 g/mol. The number of fused-ring (bicyclic) bond motifs is 2. The van der Waals surface area contributed by atoms with E-state index in [9.17, 15) is 4.79 Å². The molecule has 3 heterocycles. The topological polar surface area (TPSA) is 23.6 Å². The molecule has 2 aliphatic heterocycles. The fourth-order valence-electron chi connectivity index (χ4n) is 3.48. The highest BCUT2D eigenvalue weighted by atomic mass is 32.1. The Labute approximate surface area is 135 Å². The Balaban J connectivity index is 1.36. The van der Waals surface area contributed by atoms with Gasteiger partial charge in [-0.2, -0.15) is 0 Å². The van der Waals surface area contributed by atoms with Crippen molar-refractivity contribution in [1.29, 1.82) is 0 Å². The van der Waals surface area contributed by atoms with E-state index in [1.807, 2.05) is 22.3 Å². The van der Waals surface area contributed by atoms with Crippen LogP contribution in [0, 0.1) is 0 Å². The Morgan fingerprint density at radius 2 is 2.00 bits per heavy atom. The van der Waals surface area contributed by atoms with Crippen LogP contribution in [0.1, 0.15) is 22.4 Å². The van der Waals surface area contributed by atoms with Crippen LogP contribution in [0.25, 0.3) is 0 Å². The van der Waals surface area contributed by atoms with Crippen molar-refractivity contribution >= 4 is 22.9 Å². The number of hydrogen-bond donors (Lipinski definition) is 0. The standard InChI is InChI=1S/C18H20N2OS/c21-18(20-11-5-14-3-1-2-4-16(14)20)7-10-19-9-6-17-15(13-19)8-12-22-17/h1-4,8,12H,5-7,9-11,13H2. The molecule has 0 aliphatic carbocycles. The summed E-state index contributed by atoms with van der Waals surface area (Å²) >= 11 is 1.86. The van der Waals surface area contributed by atoms with E-state index in [0.29, 0.717) is 6.42 Å². The summed E-state index contributed by atoms with van der Waals surface area (Å²) in [6.07, 6.45) is 2.74. The molecule has 2 aliphatic rings. The molecule has 0 spiro atoms. The molecule has 0 radical (unpaired) electrons. The highest BCUT2D eigenvalue weighted by molar-refractivity contribution is 7.10. The molecular weight excluding hydrogens is 292 g/mol. The monoisotopic (exact) mass is 312 g/mol. The minimum Gasteiger partial charge on any atom is -0.312 e. The number of carbonyl (C=O) groups is 1. The zero-order valence-corrected chi connectivity index (χ0v) is 13.4. The van der Waals surface area contributed by atoms with E-state index in [2.05, 4.69) is 34.5 Å². The minimum atomic E-state index is 0.265. The quantitative estimate of drug-likeness (QED) is 0.869. The van der Waals surface area contributed by atoms with Gasteiger partial charge in [0.05, 0.1) is 0 Å². The van der Waals surface area contributed by atoms with Gasteiger partial charge in [0, 0.05) is 43.2 Å². The largest absolute Gasteiger partial charge is 0.312 e. The summed E-state index contributed by atoms with van der Waals surface area (Å²) in [6.45, 7) is 3.79. The van der Waals surface area contributed by atoms with E-state index in [-0.39, 0.29) is 5.91 Å². The van der Waals surface area contributed by atoms with Crippen molar-refractivity contribution in [2.24, 2.45) is 0 Å². The van der Waals surface area contributed by atoms with Crippen LogP contribution in [-0.2, 0) is 24.2 Å². The van der Waals surface area contributed by atoms with Gasteiger partial charge in [0.15, 0.2) is 0 Å². The highest BCUT2D eigenvalue weighted by Crippen LogP contribution is 2.28. The molecule has 0 atom stereocenters. The molecule has 1 aromatic heterocycles. The van der Waals surface area contributed by atoms with Gasteiger partial charge in [0.1, 0.15) is 0 Å². The third kappa shape index (κ3) is 2.57. The number of rotatable bonds is 3. The molecule has 0 saturated heterocycles. The first-order valence-electron chi connectivity index (χ1n) is 7.97. The molecule has 4 heteroatoms. The lowest BCUT2D eigenvalue weighted by atomic mass is 10.1. The van der Waals surface area contributed by atoms with Crippen molar-refractivity contribution in [3.63, 3.8) is 0 Å². The predicted octanol–water partition coefficient (Wildman–Crippen LogP) is 3.09. The van der Waals surface area contributed by atoms with Gasteiger partial charge in [-0.25, -0.2) is 0 Å². The molecule has 2 aromatic rings. The summed E-state index contributed by atoms with van der Waals surface area (Å²) in [4.78, 5) is 18.5. The summed E-state index contributed by atoms with van der Waals surface area (Å²) in [5, 5.41) is 2.18. The average Bonchev–Trinajstić information content (AvgIpc) is 3.18. The molecule has 4 rings (SSSR count). The van der Waals surface area contributed by atoms with E-state index in [4.69, 9.17) is 0 Å². The SMILES string of the molecule is O=C(CCN1CCc2sccc2C1)N1CCc2ccccc21. The van der Waals surface area contributed by atoms with E-state index in [0.717, 1.165) is 44.7 Å². The van der Waals surface area contributed by atoms with E-state index < -0.39 is 0 Å². The number of thiophene rings is 1. The Hall–Kier alpha value is -1.65. The minimum absolute atomic E-state index is 0.265. The molecule has 22 heavy (non-hydrogen) atoms. The van der Waals surface area contributed by atoms with Crippen molar-refractivity contribution < 1.29 is 4.79 Å². The maximum atomic E-state index is 12.5. The predicted molar refractivity (Wildman–Crippen MR) is 90.4 cm³/mol. The number of para-hydroxylation sites is 1. The van der Waals surface area contributed by atoms with Gasteiger partial charge in [-0.1, -0.05) is 18.2 Å². The number of anilines is 1. The van der Waals surface area contributed by atoms with Gasteiger partial charge in [0.2, 0.25) is 5.91 Å². The van der Waals surface area contributed by atoms with Crippen LogP contribution in [-0.4, -0.2) is 30.4 Å². The van der Waals surface area contributed by atoms with Crippen LogP contribution in [0.4, 0.5) is 5.69 Å². The normalized spacial score (nSPS) is 17.4. The second kappa shape index (κ2) is 5.86. The van der Waals surface area contributed by atoms with E-state index >= 15 is 0 Å². The zero-order chi connectivity index (χ0) is 14.9. The second-order valence-electron chi connectivity index (χ2n) is 6.07. The first kappa shape index (κ1) is 14.0. The zero-order valence-electron chi connectivity index (χ0n) is 12.6. The summed E-state index contributed by atoms with van der Waals surface area (Å²) < 4.78 is 0. The van der Waals surface area contributed by atoms with Gasteiger partial charge < -0.3 is 4.90 Å². The fraction of sp³-hybridized carbons (Fsp3) is 0.389. The number of amides is 1. The first-order valence-corrected chi connectivity index (χ1v) is 8.85. The maximum absolute atomic E-state index is 12.5. The molecule has 0 fully saturated rings. The van der Waals surface area contributed by atoms with Crippen LogP contribution in [0.15, 0.2) is 35.7 Å². The van der Waals surface area contributed by atoms with Gasteiger partial charge in [-0.05, 0) is 41.5 Å². The van der Waals surface area contributed by atoms with Crippen LogP contribution in [0.5, 0.6) is 0 Å². The highest BCUT2D eigenvalue weighted by Gasteiger charge is 2.25. The lowest BCUT2D eigenvalue weighted by Gasteiger charge is -2.27. The number of benzene rings is 1. The number of hydrogen-bond acceptors (Lipinski definition) is 3. The molecule has 0 saturated carbocycles. The van der Waals surface area contributed by atoms with Crippen molar-refractivity contribution in [2.75, 3.05) is 24.5 Å². The van der Waals surface area contributed by atoms with Crippen LogP contribution in [0.2, 0.25) is 0 Å². The lowest BCUT2D eigenvalue weighted by molar-refractivity contribution is -0.118. The summed E-state index contributed by atoms with van der Waals surface area (Å²) in [5.41, 5.74) is 3.87. The van der Waals surface area contributed by atoms with Crippen molar-refractivity contribution in [3.05, 3.63) is 51.7 Å². The Bertz CT molecular complexity index is 694. The summed E-state index contributed by atoms with van der Waals surface area (Å²) in [5.74, 6) is 0.265. The Kier molecular flexibility index (Phi) is 3.72. The van der Waals surface area contributed by atoms with E-state index in [1.54, 1.807) is 0 Å². The third-order valence-electron chi connectivity index (χ3n) is 4.72. The fourth-order valence-corrected chi connectivity index (χ4v) is 4.37. The van der Waals surface area contributed by atoms with Crippen LogP contribution < -0.4 is 4.90 Å². The molecule has 0 unspecified atom stereocenters. The molecular formula is C18H20N2OS. The molecule has 1 amide bonds. The van der Waals surface area contributed by atoms with Crippen molar-refractivity contribution in [3.8, 4) is 0 Å². The smallest absolute Gasteiger partial charge is 0.228 e.